The Morgan fingerprint density at radius 3 is 1.51 bits per heavy atom. The van der Waals surface area contributed by atoms with Gasteiger partial charge < -0.3 is 19.7 Å². The van der Waals surface area contributed by atoms with Crippen LogP contribution in [0.15, 0.2) is 152 Å². The first-order valence-corrected chi connectivity index (χ1v) is 23.5. The highest BCUT2D eigenvalue weighted by molar-refractivity contribution is 7.80. The van der Waals surface area contributed by atoms with Crippen LogP contribution in [-0.2, 0) is 9.59 Å². The summed E-state index contributed by atoms with van der Waals surface area (Å²) in [7, 11) is 0. The molecular weight excluding hydrogens is 903 g/mol. The second kappa shape index (κ2) is 20.2. The molecule has 2 saturated heterocycles. The number of hydrogen-bond donors (Lipinski definition) is 2. The van der Waals surface area contributed by atoms with Crippen LogP contribution in [0.3, 0.4) is 0 Å². The van der Waals surface area contributed by atoms with Gasteiger partial charge in [-0.25, -0.2) is 29.7 Å². The molecule has 3 aromatic heterocycles. The van der Waals surface area contributed by atoms with E-state index < -0.39 is 11.9 Å². The Kier molecular flexibility index (Phi) is 13.2. The molecule has 0 radical (unpaired) electrons. The molecule has 15 heteroatoms. The molecule has 10 rings (SSSR count). The number of urea groups is 1. The lowest BCUT2D eigenvalue weighted by molar-refractivity contribution is -0.120. The summed E-state index contributed by atoms with van der Waals surface area (Å²) in [6, 6.07) is 43.6. The molecule has 0 bridgehead atoms. The summed E-state index contributed by atoms with van der Waals surface area (Å²) >= 11 is 6.01. The quantitative estimate of drug-likeness (QED) is 0.0506. The molecular formula is C55H47N7O7S. The van der Waals surface area contributed by atoms with Crippen LogP contribution in [0.2, 0.25) is 0 Å². The van der Waals surface area contributed by atoms with E-state index in [0.29, 0.717) is 70.6 Å². The number of anilines is 2. The van der Waals surface area contributed by atoms with E-state index in [1.165, 1.54) is 14.9 Å². The number of fused-ring (bicyclic) bond motifs is 2. The van der Waals surface area contributed by atoms with Gasteiger partial charge in [0.2, 0.25) is 5.11 Å². The first kappa shape index (κ1) is 45.7. The lowest BCUT2D eigenvalue weighted by Crippen LogP contribution is -2.47. The molecule has 2 N–H and O–H groups in total. The van der Waals surface area contributed by atoms with Crippen LogP contribution in [0, 0.1) is 0 Å². The molecule has 70 heavy (non-hydrogen) atoms. The average Bonchev–Trinajstić information content (AvgIpc) is 3.86. The SMILES string of the molecule is O=C1CN(N2CC(=O)N(c3cc(-c4ccc(-c5ccc(OCCCCO)cc5)cc4)nc4ccncc34)C2=S)C(=O)N1c1cc(-c2ccc(-c3ccc(OCCCCO)cc3)cc2)nc2ccccc12. The van der Waals surface area contributed by atoms with Gasteiger partial charge in [-0.05, 0) is 109 Å². The maximum absolute atomic E-state index is 14.6. The number of ether oxygens (including phenoxy) is 2. The number of benzene rings is 5. The second-order valence-electron chi connectivity index (χ2n) is 16.9. The van der Waals surface area contributed by atoms with Crippen molar-refractivity contribution >= 4 is 68.4 Å². The first-order chi connectivity index (χ1) is 34.3. The molecule has 0 atom stereocenters. The van der Waals surface area contributed by atoms with Crippen molar-refractivity contribution in [3.05, 3.63) is 152 Å². The number of amides is 4. The maximum atomic E-state index is 14.6. The van der Waals surface area contributed by atoms with E-state index in [9.17, 15) is 14.4 Å². The van der Waals surface area contributed by atoms with Crippen LogP contribution >= 0.6 is 12.2 Å². The molecule has 0 aliphatic carbocycles. The third-order valence-electron chi connectivity index (χ3n) is 12.3. The van der Waals surface area contributed by atoms with E-state index in [2.05, 4.69) is 4.98 Å². The number of pyridine rings is 3. The summed E-state index contributed by atoms with van der Waals surface area (Å²) in [6.07, 6.45) is 6.22. The van der Waals surface area contributed by atoms with Crippen LogP contribution in [-0.4, -0.2) is 97.7 Å². The molecule has 5 heterocycles. The van der Waals surface area contributed by atoms with Crippen molar-refractivity contribution in [3.8, 4) is 56.3 Å². The minimum atomic E-state index is -0.650. The number of imide groups is 1. The number of hydrazine groups is 1. The summed E-state index contributed by atoms with van der Waals surface area (Å²) in [6.45, 7) is 0.750. The van der Waals surface area contributed by atoms with Gasteiger partial charge in [0.05, 0.1) is 47.0 Å². The number of carbonyl (C=O) groups is 3. The Hall–Kier alpha value is -8.11. The average molecular weight is 950 g/mol. The molecule has 4 amide bonds. The molecule has 0 spiro atoms. The molecule has 2 aliphatic heterocycles. The number of aromatic nitrogens is 3. The third-order valence-corrected chi connectivity index (χ3v) is 12.7. The first-order valence-electron chi connectivity index (χ1n) is 23.1. The highest BCUT2D eigenvalue weighted by atomic mass is 32.1. The van der Waals surface area contributed by atoms with Gasteiger partial charge in [-0.1, -0.05) is 91.0 Å². The predicted molar refractivity (Wildman–Crippen MR) is 273 cm³/mol. The zero-order valence-electron chi connectivity index (χ0n) is 38.0. The predicted octanol–water partition coefficient (Wildman–Crippen LogP) is 9.47. The van der Waals surface area contributed by atoms with E-state index in [4.69, 9.17) is 41.9 Å². The van der Waals surface area contributed by atoms with Crippen LogP contribution in [0.25, 0.3) is 66.6 Å². The van der Waals surface area contributed by atoms with Gasteiger partial charge in [-0.15, -0.1) is 0 Å². The number of carbonyl (C=O) groups excluding carboxylic acids is 3. The maximum Gasteiger partial charge on any atom is 0.350 e. The summed E-state index contributed by atoms with van der Waals surface area (Å²) in [4.78, 5) is 59.6. The molecule has 0 unspecified atom stereocenters. The number of rotatable bonds is 17. The monoisotopic (exact) mass is 949 g/mol. The van der Waals surface area contributed by atoms with E-state index >= 15 is 0 Å². The number of unbranched alkanes of at least 4 members (excludes halogenated alkanes) is 2. The standard InChI is InChI=1S/C55H47N7O7S/c63-27-3-5-29-68-42-21-17-38(18-22-42)36-9-13-40(14-10-36)48-31-50(44-7-1-2-8-46(44)57-48)61-52(65)34-59(54(61)67)60-35-53(66)62(55(60)70)51-32-49(58-47-25-26-56-33-45(47)51)41-15-11-37(12-16-41)39-19-23-43(24-20-39)69-30-6-4-28-64/h1-2,7-26,31-33,63-64H,3-6,27-30,34-35H2. The van der Waals surface area contributed by atoms with Gasteiger partial charge in [-0.3, -0.25) is 19.5 Å². The van der Waals surface area contributed by atoms with Crippen molar-refractivity contribution in [2.75, 3.05) is 49.3 Å². The zero-order valence-corrected chi connectivity index (χ0v) is 38.8. The minimum absolute atomic E-state index is 0.0343. The fourth-order valence-corrected chi connectivity index (χ4v) is 9.03. The molecule has 14 nitrogen and oxygen atoms in total. The van der Waals surface area contributed by atoms with Crippen molar-refractivity contribution < 1.29 is 34.1 Å². The molecule has 5 aromatic carbocycles. The van der Waals surface area contributed by atoms with E-state index in [-0.39, 0.29) is 37.3 Å². The topological polar surface area (TPSA) is 162 Å². The molecule has 2 fully saturated rings. The van der Waals surface area contributed by atoms with E-state index in [1.807, 2.05) is 121 Å². The summed E-state index contributed by atoms with van der Waals surface area (Å²) in [5, 5.41) is 21.9. The fraction of sp³-hybridized carbons (Fsp3) is 0.182. The lowest BCUT2D eigenvalue weighted by Gasteiger charge is -2.28. The van der Waals surface area contributed by atoms with Crippen LogP contribution in [0.4, 0.5) is 16.2 Å². The normalized spacial score (nSPS) is 13.9. The van der Waals surface area contributed by atoms with Crippen molar-refractivity contribution in [3.63, 3.8) is 0 Å². The van der Waals surface area contributed by atoms with Gasteiger partial charge >= 0.3 is 6.03 Å². The summed E-state index contributed by atoms with van der Waals surface area (Å²) in [5.74, 6) is 0.650. The Morgan fingerprint density at radius 2 is 0.971 bits per heavy atom. The number of nitrogens with zero attached hydrogens (tertiary/aromatic N) is 7. The Bertz CT molecular complexity index is 3030. The third kappa shape index (κ3) is 9.24. The minimum Gasteiger partial charge on any atom is -0.494 e. The Labute approximate surface area is 409 Å². The Balaban J connectivity index is 0.886. The van der Waals surface area contributed by atoms with Gasteiger partial charge in [0.1, 0.15) is 24.6 Å². The number of hydrogen-bond acceptors (Lipinski definition) is 11. The van der Waals surface area contributed by atoms with Crippen molar-refractivity contribution in [2.45, 2.75) is 25.7 Å². The molecule has 2 aliphatic rings. The molecule has 8 aromatic rings. The number of aliphatic hydroxyl groups is 2. The zero-order chi connectivity index (χ0) is 48.1. The summed E-state index contributed by atoms with van der Waals surface area (Å²) in [5.41, 5.74) is 8.75. The lowest BCUT2D eigenvalue weighted by atomic mass is 10.0. The number of para-hydroxylation sites is 1. The largest absolute Gasteiger partial charge is 0.494 e. The van der Waals surface area contributed by atoms with Crippen molar-refractivity contribution in [1.82, 2.24) is 25.0 Å². The van der Waals surface area contributed by atoms with Crippen LogP contribution in [0.1, 0.15) is 25.7 Å². The van der Waals surface area contributed by atoms with Gasteiger partial charge in [0.15, 0.2) is 0 Å². The van der Waals surface area contributed by atoms with Crippen LogP contribution in [0.5, 0.6) is 11.5 Å². The molecule has 0 saturated carbocycles. The van der Waals surface area contributed by atoms with E-state index in [0.717, 1.165) is 62.6 Å². The molecule has 350 valence electrons. The van der Waals surface area contributed by atoms with Gasteiger partial charge in [0, 0.05) is 47.5 Å². The van der Waals surface area contributed by atoms with Crippen molar-refractivity contribution in [2.24, 2.45) is 0 Å². The van der Waals surface area contributed by atoms with Gasteiger partial charge in [0.25, 0.3) is 11.8 Å². The summed E-state index contributed by atoms with van der Waals surface area (Å²) < 4.78 is 11.6. The smallest absolute Gasteiger partial charge is 0.350 e. The Morgan fingerprint density at radius 1 is 0.514 bits per heavy atom. The van der Waals surface area contributed by atoms with Gasteiger partial charge in [-0.2, -0.15) is 0 Å². The van der Waals surface area contributed by atoms with Crippen LogP contribution < -0.4 is 19.3 Å². The highest BCUT2D eigenvalue weighted by Crippen LogP contribution is 2.38. The van der Waals surface area contributed by atoms with E-state index in [1.54, 1.807) is 30.6 Å². The fourth-order valence-electron chi connectivity index (χ4n) is 8.67. The number of thiocarbonyl (C=S) groups is 1. The number of aliphatic hydroxyl groups excluding tert-OH is 2. The van der Waals surface area contributed by atoms with Crippen molar-refractivity contribution in [1.29, 1.82) is 0 Å². The highest BCUT2D eigenvalue weighted by Gasteiger charge is 2.47. The second-order valence-corrected chi connectivity index (χ2v) is 17.2.